The molecule has 2 N–H and O–H groups in total. The molecule has 0 saturated heterocycles. The van der Waals surface area contributed by atoms with E-state index in [-0.39, 0.29) is 17.4 Å². The molecule has 0 saturated carbocycles. The van der Waals surface area contributed by atoms with Crippen molar-refractivity contribution in [1.29, 1.82) is 0 Å². The van der Waals surface area contributed by atoms with Gasteiger partial charge in [0.1, 0.15) is 0 Å². The van der Waals surface area contributed by atoms with Gasteiger partial charge in [-0.3, -0.25) is 9.59 Å². The summed E-state index contributed by atoms with van der Waals surface area (Å²) in [6.07, 6.45) is 1.87. The number of rotatable bonds is 6. The molecule has 128 valence electrons. The van der Waals surface area contributed by atoms with Gasteiger partial charge in [-0.05, 0) is 49.9 Å². The summed E-state index contributed by atoms with van der Waals surface area (Å²) in [5, 5.41) is 7.99. The third-order valence-corrected chi connectivity index (χ3v) is 4.75. The summed E-state index contributed by atoms with van der Waals surface area (Å²) in [6, 6.07) is 8.41. The Labute approximate surface area is 151 Å². The van der Waals surface area contributed by atoms with Gasteiger partial charge in [0.2, 0.25) is 0 Å². The summed E-state index contributed by atoms with van der Waals surface area (Å²) in [5.74, 6) is -0.424. The highest BCUT2D eigenvalue weighted by Crippen LogP contribution is 2.25. The fraction of sp³-hybridized carbons (Fsp3) is 0.333. The first-order valence-corrected chi connectivity index (χ1v) is 9.05. The van der Waals surface area contributed by atoms with E-state index in [0.717, 1.165) is 12.8 Å². The first-order chi connectivity index (χ1) is 11.3. The number of benzene rings is 1. The Morgan fingerprint density at radius 3 is 2.58 bits per heavy atom. The fourth-order valence-corrected chi connectivity index (χ4v) is 3.20. The van der Waals surface area contributed by atoms with Gasteiger partial charge in [-0.15, -0.1) is 11.3 Å². The summed E-state index contributed by atoms with van der Waals surface area (Å²) in [7, 11) is 0. The smallest absolute Gasteiger partial charge is 0.265 e. The van der Waals surface area contributed by atoms with Gasteiger partial charge < -0.3 is 10.6 Å². The predicted molar refractivity (Wildman–Crippen MR) is 100 cm³/mol. The van der Waals surface area contributed by atoms with Crippen molar-refractivity contribution in [3.05, 3.63) is 51.2 Å². The van der Waals surface area contributed by atoms with Crippen molar-refractivity contribution in [2.45, 2.75) is 39.2 Å². The second kappa shape index (κ2) is 7.81. The van der Waals surface area contributed by atoms with E-state index in [0.29, 0.717) is 21.2 Å². The van der Waals surface area contributed by atoms with E-state index in [2.05, 4.69) is 17.6 Å². The molecule has 4 nitrogen and oxygen atoms in total. The molecular weight excluding hydrogens is 344 g/mol. The van der Waals surface area contributed by atoms with E-state index in [1.165, 1.54) is 11.3 Å². The summed E-state index contributed by atoms with van der Waals surface area (Å²) in [5.41, 5.74) is 0.604. The lowest BCUT2D eigenvalue weighted by molar-refractivity contribution is 0.0908. The van der Waals surface area contributed by atoms with Gasteiger partial charge in [0.15, 0.2) is 0 Å². The third-order valence-electron chi connectivity index (χ3n) is 3.55. The molecule has 6 heteroatoms. The minimum absolute atomic E-state index is 0.184. The highest BCUT2D eigenvalue weighted by atomic mass is 35.5. The van der Waals surface area contributed by atoms with Gasteiger partial charge in [0.05, 0.1) is 15.6 Å². The zero-order valence-electron chi connectivity index (χ0n) is 14.0. The molecule has 1 aromatic carbocycles. The molecule has 0 radical (unpaired) electrons. The molecule has 24 heavy (non-hydrogen) atoms. The van der Waals surface area contributed by atoms with Crippen LogP contribution in [0.3, 0.4) is 0 Å². The van der Waals surface area contributed by atoms with Crippen molar-refractivity contribution in [3.63, 3.8) is 0 Å². The molecule has 2 aromatic rings. The molecule has 1 aromatic heterocycles. The molecule has 0 spiro atoms. The maximum absolute atomic E-state index is 12.4. The lowest BCUT2D eigenvalue weighted by Crippen LogP contribution is -2.43. The fourth-order valence-electron chi connectivity index (χ4n) is 2.42. The SMILES string of the molecule is CCCC(C)(C)NC(=O)c1ccc(Cl)c(NC(=O)c2cccs2)c1. The number of nitrogens with one attached hydrogen (secondary N) is 2. The van der Waals surface area contributed by atoms with E-state index in [1.807, 2.05) is 19.2 Å². The van der Waals surface area contributed by atoms with Gasteiger partial charge >= 0.3 is 0 Å². The molecule has 0 fully saturated rings. The predicted octanol–water partition coefficient (Wildman–Crippen LogP) is 4.96. The van der Waals surface area contributed by atoms with Crippen LogP contribution in [0.4, 0.5) is 5.69 Å². The Morgan fingerprint density at radius 2 is 1.96 bits per heavy atom. The van der Waals surface area contributed by atoms with Gasteiger partial charge in [0.25, 0.3) is 11.8 Å². The Hall–Kier alpha value is -1.85. The van der Waals surface area contributed by atoms with Crippen molar-refractivity contribution >= 4 is 40.4 Å². The number of anilines is 1. The van der Waals surface area contributed by atoms with Crippen LogP contribution in [-0.2, 0) is 0 Å². The van der Waals surface area contributed by atoms with E-state index in [9.17, 15) is 9.59 Å². The van der Waals surface area contributed by atoms with Crippen molar-refractivity contribution in [2.75, 3.05) is 5.32 Å². The second-order valence-corrected chi connectivity index (χ2v) is 7.57. The van der Waals surface area contributed by atoms with E-state index < -0.39 is 0 Å². The van der Waals surface area contributed by atoms with E-state index >= 15 is 0 Å². The second-order valence-electron chi connectivity index (χ2n) is 6.21. The summed E-state index contributed by atoms with van der Waals surface area (Å²) in [6.45, 7) is 6.06. The Balaban J connectivity index is 2.16. The highest BCUT2D eigenvalue weighted by Gasteiger charge is 2.21. The average molecular weight is 365 g/mol. The molecule has 0 bridgehead atoms. The largest absolute Gasteiger partial charge is 0.347 e. The van der Waals surface area contributed by atoms with Crippen LogP contribution in [0.1, 0.15) is 53.6 Å². The van der Waals surface area contributed by atoms with Crippen LogP contribution in [0, 0.1) is 0 Å². The Bertz CT molecular complexity index is 727. The lowest BCUT2D eigenvalue weighted by Gasteiger charge is -2.26. The van der Waals surface area contributed by atoms with E-state index in [4.69, 9.17) is 11.6 Å². The van der Waals surface area contributed by atoms with Crippen LogP contribution in [-0.4, -0.2) is 17.4 Å². The first kappa shape index (κ1) is 18.5. The van der Waals surface area contributed by atoms with Gasteiger partial charge in [-0.25, -0.2) is 0 Å². The third kappa shape index (κ3) is 4.82. The first-order valence-electron chi connectivity index (χ1n) is 7.79. The van der Waals surface area contributed by atoms with Crippen LogP contribution in [0.2, 0.25) is 5.02 Å². The normalized spacial score (nSPS) is 11.2. The van der Waals surface area contributed by atoms with Gasteiger partial charge in [-0.2, -0.15) is 0 Å². The van der Waals surface area contributed by atoms with Crippen LogP contribution in [0.5, 0.6) is 0 Å². The minimum Gasteiger partial charge on any atom is -0.347 e. The molecule has 0 unspecified atom stereocenters. The molecule has 2 amide bonds. The molecule has 2 rings (SSSR count). The monoisotopic (exact) mass is 364 g/mol. The minimum atomic E-state index is -0.286. The van der Waals surface area contributed by atoms with Crippen molar-refractivity contribution in [3.8, 4) is 0 Å². The van der Waals surface area contributed by atoms with Crippen LogP contribution >= 0.6 is 22.9 Å². The zero-order chi connectivity index (χ0) is 17.7. The molecule has 0 atom stereocenters. The topological polar surface area (TPSA) is 58.2 Å². The van der Waals surface area contributed by atoms with Crippen LogP contribution in [0.15, 0.2) is 35.7 Å². The zero-order valence-corrected chi connectivity index (χ0v) is 15.6. The number of hydrogen-bond donors (Lipinski definition) is 2. The molecule has 0 aliphatic carbocycles. The van der Waals surface area contributed by atoms with Crippen molar-refractivity contribution in [1.82, 2.24) is 5.32 Å². The highest BCUT2D eigenvalue weighted by molar-refractivity contribution is 7.12. The van der Waals surface area contributed by atoms with Gasteiger partial charge in [-0.1, -0.05) is 31.0 Å². The standard InChI is InChI=1S/C18H21ClN2O2S/c1-4-9-18(2,3)21-16(22)12-7-8-13(19)14(11-12)20-17(23)15-6-5-10-24-15/h5-8,10-11H,4,9H2,1-3H3,(H,20,23)(H,21,22). The molecule has 1 heterocycles. The Kier molecular flexibility index (Phi) is 6.02. The summed E-state index contributed by atoms with van der Waals surface area (Å²) >= 11 is 7.49. The van der Waals surface area contributed by atoms with E-state index in [1.54, 1.807) is 30.3 Å². The Morgan fingerprint density at radius 1 is 1.21 bits per heavy atom. The lowest BCUT2D eigenvalue weighted by atomic mass is 9.98. The van der Waals surface area contributed by atoms with Crippen LogP contribution in [0.25, 0.3) is 0 Å². The number of carbonyl (C=O) groups is 2. The maximum atomic E-state index is 12.4. The summed E-state index contributed by atoms with van der Waals surface area (Å²) in [4.78, 5) is 25.2. The molecular formula is C18H21ClN2O2S. The maximum Gasteiger partial charge on any atom is 0.265 e. The number of halogens is 1. The quantitative estimate of drug-likeness (QED) is 0.760. The molecule has 0 aliphatic heterocycles. The van der Waals surface area contributed by atoms with Crippen molar-refractivity contribution < 1.29 is 9.59 Å². The molecule has 0 aliphatic rings. The van der Waals surface area contributed by atoms with Gasteiger partial charge in [0, 0.05) is 11.1 Å². The number of hydrogen-bond acceptors (Lipinski definition) is 3. The summed E-state index contributed by atoms with van der Waals surface area (Å²) < 4.78 is 0. The number of amides is 2. The van der Waals surface area contributed by atoms with Crippen LogP contribution < -0.4 is 10.6 Å². The number of carbonyl (C=O) groups excluding carboxylic acids is 2. The van der Waals surface area contributed by atoms with Crippen molar-refractivity contribution in [2.24, 2.45) is 0 Å². The average Bonchev–Trinajstić information content (AvgIpc) is 3.03. The number of thiophene rings is 1.